The van der Waals surface area contributed by atoms with Gasteiger partial charge in [0.2, 0.25) is 5.88 Å². The van der Waals surface area contributed by atoms with Gasteiger partial charge in [0, 0.05) is 29.6 Å². The van der Waals surface area contributed by atoms with Gasteiger partial charge in [-0.1, -0.05) is 19.3 Å². The molecular formula is C18H18N4O3. The molecule has 128 valence electrons. The number of hydrogen-bond acceptors (Lipinski definition) is 5. The number of fused-ring (bicyclic) bond motifs is 1. The summed E-state index contributed by atoms with van der Waals surface area (Å²) in [7, 11) is 0. The number of aromatic amines is 1. The second-order valence-corrected chi connectivity index (χ2v) is 6.39. The summed E-state index contributed by atoms with van der Waals surface area (Å²) in [5.74, 6) is 0.296. The van der Waals surface area contributed by atoms with Crippen LogP contribution in [0.1, 0.15) is 49.3 Å². The smallest absolute Gasteiger partial charge is 0.331 e. The van der Waals surface area contributed by atoms with Crippen LogP contribution in [0.2, 0.25) is 0 Å². The van der Waals surface area contributed by atoms with Crippen molar-refractivity contribution < 1.29 is 5.11 Å². The molecule has 1 aliphatic carbocycles. The summed E-state index contributed by atoms with van der Waals surface area (Å²) in [5.41, 5.74) is 0.379. The largest absolute Gasteiger partial charge is 0.494 e. The zero-order valence-electron chi connectivity index (χ0n) is 13.6. The molecule has 0 spiro atoms. The van der Waals surface area contributed by atoms with Gasteiger partial charge < -0.3 is 5.11 Å². The topological polar surface area (TPSA) is 100 Å². The van der Waals surface area contributed by atoms with Crippen molar-refractivity contribution in [2.45, 2.75) is 38.1 Å². The minimum Gasteiger partial charge on any atom is -0.494 e. The first-order valence-electron chi connectivity index (χ1n) is 8.44. The lowest BCUT2D eigenvalue weighted by Crippen LogP contribution is -2.34. The van der Waals surface area contributed by atoms with Gasteiger partial charge in [-0.15, -0.1) is 0 Å². The second-order valence-electron chi connectivity index (χ2n) is 6.39. The Hall–Kier alpha value is -2.96. The first-order chi connectivity index (χ1) is 12.1. The number of pyridine rings is 1. The molecule has 2 aromatic heterocycles. The Bertz CT molecular complexity index is 994. The van der Waals surface area contributed by atoms with Crippen molar-refractivity contribution in [3.63, 3.8) is 0 Å². The molecule has 0 atom stereocenters. The third kappa shape index (κ3) is 2.71. The molecule has 3 heterocycles. The van der Waals surface area contributed by atoms with Gasteiger partial charge >= 0.3 is 5.69 Å². The van der Waals surface area contributed by atoms with Gasteiger partial charge in [-0.05, 0) is 31.1 Å². The van der Waals surface area contributed by atoms with Gasteiger partial charge in [0.25, 0.3) is 5.56 Å². The Balaban J connectivity index is 1.84. The van der Waals surface area contributed by atoms with Crippen LogP contribution < -0.4 is 11.2 Å². The molecule has 2 aromatic rings. The molecule has 0 saturated heterocycles. The van der Waals surface area contributed by atoms with Crippen LogP contribution in [-0.2, 0) is 0 Å². The first kappa shape index (κ1) is 15.6. The molecular weight excluding hydrogens is 320 g/mol. The van der Waals surface area contributed by atoms with Crippen LogP contribution in [0.15, 0.2) is 32.9 Å². The van der Waals surface area contributed by atoms with Gasteiger partial charge in [0.05, 0.1) is 0 Å². The fourth-order valence-electron chi connectivity index (χ4n) is 3.56. The number of allylic oxidation sites excluding steroid dienone is 1. The van der Waals surface area contributed by atoms with Crippen molar-refractivity contribution in [1.29, 1.82) is 0 Å². The lowest BCUT2D eigenvalue weighted by Gasteiger charge is -2.24. The van der Waals surface area contributed by atoms with Crippen molar-refractivity contribution in [1.82, 2.24) is 14.5 Å². The summed E-state index contributed by atoms with van der Waals surface area (Å²) in [6.45, 7) is 0. The Labute approximate surface area is 143 Å². The molecule has 2 aliphatic rings. The van der Waals surface area contributed by atoms with E-state index < -0.39 is 11.2 Å². The highest BCUT2D eigenvalue weighted by Crippen LogP contribution is 2.33. The SMILES string of the molecule is O=c1[nH]c(=O)n(C2CCCCC2)c(O)c1/C=C1/C=Nc2ncccc21. The number of aliphatic imine (C=N–C) groups is 1. The van der Waals surface area contributed by atoms with E-state index in [1.54, 1.807) is 24.6 Å². The normalized spacial score (nSPS) is 18.6. The number of H-pyrrole nitrogens is 1. The monoisotopic (exact) mass is 338 g/mol. The molecule has 1 aliphatic heterocycles. The van der Waals surface area contributed by atoms with E-state index in [0.29, 0.717) is 11.4 Å². The molecule has 0 bridgehead atoms. The number of aromatic nitrogens is 3. The quantitative estimate of drug-likeness (QED) is 0.878. The minimum absolute atomic E-state index is 0.0725. The average molecular weight is 338 g/mol. The van der Waals surface area contributed by atoms with E-state index in [1.165, 1.54) is 4.57 Å². The highest BCUT2D eigenvalue weighted by Gasteiger charge is 2.23. The fraction of sp³-hybridized carbons (Fsp3) is 0.333. The van der Waals surface area contributed by atoms with E-state index in [2.05, 4.69) is 15.0 Å². The maximum Gasteiger partial charge on any atom is 0.331 e. The van der Waals surface area contributed by atoms with Crippen LogP contribution in [0.3, 0.4) is 0 Å². The predicted octanol–water partition coefficient (Wildman–Crippen LogP) is 2.40. The van der Waals surface area contributed by atoms with Gasteiger partial charge in [-0.2, -0.15) is 0 Å². The zero-order chi connectivity index (χ0) is 17.4. The standard InChI is InChI=1S/C18H18N4O3/c23-16-14(9-11-10-20-15-13(11)7-4-8-19-15)17(24)22(18(25)21-16)12-5-2-1-3-6-12/h4,7-10,12,24H,1-3,5-6H2,(H,21,23,25)/b11-9-. The fourth-order valence-corrected chi connectivity index (χ4v) is 3.56. The van der Waals surface area contributed by atoms with Crippen LogP contribution in [0, 0.1) is 0 Å². The van der Waals surface area contributed by atoms with Gasteiger partial charge in [-0.25, -0.2) is 14.8 Å². The third-order valence-corrected chi connectivity index (χ3v) is 4.82. The number of aromatic hydroxyl groups is 1. The van der Waals surface area contributed by atoms with E-state index in [-0.39, 0.29) is 17.5 Å². The molecule has 7 nitrogen and oxygen atoms in total. The van der Waals surface area contributed by atoms with Gasteiger partial charge in [-0.3, -0.25) is 14.3 Å². The van der Waals surface area contributed by atoms with Gasteiger partial charge in [0.1, 0.15) is 5.56 Å². The van der Waals surface area contributed by atoms with E-state index in [1.807, 2.05) is 6.07 Å². The maximum absolute atomic E-state index is 12.3. The third-order valence-electron chi connectivity index (χ3n) is 4.82. The number of rotatable bonds is 2. The summed E-state index contributed by atoms with van der Waals surface area (Å²) in [6, 6.07) is 3.55. The van der Waals surface area contributed by atoms with Crippen LogP contribution in [-0.4, -0.2) is 25.9 Å². The second kappa shape index (κ2) is 6.16. The van der Waals surface area contributed by atoms with Crippen molar-refractivity contribution in [2.75, 3.05) is 0 Å². The summed E-state index contributed by atoms with van der Waals surface area (Å²) < 4.78 is 1.32. The summed E-state index contributed by atoms with van der Waals surface area (Å²) in [4.78, 5) is 35.2. The lowest BCUT2D eigenvalue weighted by atomic mass is 9.95. The van der Waals surface area contributed by atoms with E-state index in [4.69, 9.17) is 0 Å². The highest BCUT2D eigenvalue weighted by molar-refractivity contribution is 6.21. The van der Waals surface area contributed by atoms with Crippen molar-refractivity contribution in [2.24, 2.45) is 4.99 Å². The summed E-state index contributed by atoms with van der Waals surface area (Å²) in [5, 5.41) is 10.6. The van der Waals surface area contributed by atoms with Gasteiger partial charge in [0.15, 0.2) is 5.82 Å². The molecule has 0 radical (unpaired) electrons. The highest BCUT2D eigenvalue weighted by atomic mass is 16.3. The van der Waals surface area contributed by atoms with Crippen molar-refractivity contribution >= 4 is 23.7 Å². The molecule has 1 fully saturated rings. The Kier molecular flexibility index (Phi) is 3.83. The van der Waals surface area contributed by atoms with Crippen LogP contribution in [0.5, 0.6) is 5.88 Å². The number of hydrogen-bond donors (Lipinski definition) is 2. The minimum atomic E-state index is -0.604. The summed E-state index contributed by atoms with van der Waals surface area (Å²) >= 11 is 0. The van der Waals surface area contributed by atoms with Crippen LogP contribution in [0.25, 0.3) is 11.6 Å². The molecule has 0 aromatic carbocycles. The first-order valence-corrected chi connectivity index (χ1v) is 8.44. The van der Waals surface area contributed by atoms with Crippen LogP contribution >= 0.6 is 0 Å². The molecule has 0 unspecified atom stereocenters. The Morgan fingerprint density at radius 2 is 2.04 bits per heavy atom. The molecule has 0 amide bonds. The van der Waals surface area contributed by atoms with Crippen molar-refractivity contribution in [3.05, 3.63) is 50.3 Å². The lowest BCUT2D eigenvalue weighted by molar-refractivity contribution is 0.298. The maximum atomic E-state index is 12.3. The predicted molar refractivity (Wildman–Crippen MR) is 95.4 cm³/mol. The number of nitrogens with one attached hydrogen (secondary N) is 1. The zero-order valence-corrected chi connectivity index (χ0v) is 13.6. The Morgan fingerprint density at radius 1 is 1.24 bits per heavy atom. The average Bonchev–Trinajstić information content (AvgIpc) is 3.02. The molecule has 2 N–H and O–H groups in total. The summed E-state index contributed by atoms with van der Waals surface area (Å²) in [6.07, 6.45) is 9.61. The van der Waals surface area contributed by atoms with Crippen LogP contribution in [0.4, 0.5) is 5.82 Å². The van der Waals surface area contributed by atoms with E-state index >= 15 is 0 Å². The molecule has 1 saturated carbocycles. The van der Waals surface area contributed by atoms with E-state index in [0.717, 1.165) is 37.7 Å². The molecule has 4 rings (SSSR count). The molecule has 25 heavy (non-hydrogen) atoms. The van der Waals surface area contributed by atoms with E-state index in [9.17, 15) is 14.7 Å². The van der Waals surface area contributed by atoms with Crippen molar-refractivity contribution in [3.8, 4) is 5.88 Å². The number of nitrogens with zero attached hydrogens (tertiary/aromatic N) is 3. The Morgan fingerprint density at radius 3 is 2.84 bits per heavy atom. The molecule has 7 heteroatoms.